The van der Waals surface area contributed by atoms with Crippen LogP contribution in [-0.4, -0.2) is 7.28 Å². The zero-order valence-electron chi connectivity index (χ0n) is 39.6. The van der Waals surface area contributed by atoms with Gasteiger partial charge in [0.25, 0.3) is 0 Å². The zero-order valence-corrected chi connectivity index (χ0v) is 40.5. The van der Waals surface area contributed by atoms with Gasteiger partial charge in [0, 0.05) is 43.5 Å². The number of furan rings is 1. The zero-order chi connectivity index (χ0) is 44.9. The lowest BCUT2D eigenvalue weighted by Gasteiger charge is -2.44. The highest BCUT2D eigenvalue weighted by atomic mass is 32.1. The highest BCUT2D eigenvalue weighted by molar-refractivity contribution is 7.29. The van der Waals surface area contributed by atoms with E-state index < -0.39 is 0 Å². The van der Waals surface area contributed by atoms with E-state index in [-0.39, 0.29) is 21.7 Å². The van der Waals surface area contributed by atoms with Crippen LogP contribution in [0.5, 0.6) is 0 Å². The number of fused-ring (bicyclic) bond motifs is 10. The number of benzene rings is 7. The molecule has 3 aliphatic rings. The minimum absolute atomic E-state index is 0.0679. The van der Waals surface area contributed by atoms with Crippen molar-refractivity contribution in [1.82, 2.24) is 0 Å². The van der Waals surface area contributed by atoms with E-state index in [0.29, 0.717) is 0 Å². The molecular weight excluding hydrogens is 808 g/mol. The molecule has 3 nitrogen and oxygen atoms in total. The summed E-state index contributed by atoms with van der Waals surface area (Å²) in [5, 5.41) is 9.98. The van der Waals surface area contributed by atoms with Gasteiger partial charge in [-0.3, -0.25) is 0 Å². The Balaban J connectivity index is 1.13. The predicted octanol–water partition coefficient (Wildman–Crippen LogP) is 16.1. The van der Waals surface area contributed by atoms with Crippen LogP contribution < -0.4 is 20.5 Å². The van der Waals surface area contributed by atoms with Gasteiger partial charge >= 0.3 is 0 Å². The van der Waals surface area contributed by atoms with Crippen LogP contribution in [0.4, 0.5) is 28.4 Å². The molecule has 9 aromatic rings. The molecule has 323 valence electrons. The van der Waals surface area contributed by atoms with Gasteiger partial charge in [0.2, 0.25) is 7.28 Å². The molecule has 0 spiro atoms. The number of aryl methyl sites for hydroxylation is 2. The minimum atomic E-state index is 0.0679. The second-order valence-corrected chi connectivity index (χ2v) is 23.4. The van der Waals surface area contributed by atoms with Crippen LogP contribution in [0.1, 0.15) is 114 Å². The third-order valence-corrected chi connectivity index (χ3v) is 17.1. The Bertz CT molecular complexity index is 3490. The first-order valence-corrected chi connectivity index (χ1v) is 24.6. The summed E-state index contributed by atoms with van der Waals surface area (Å²) in [6, 6.07) is 43.5. The minimum Gasteiger partial charge on any atom is -0.454 e. The van der Waals surface area contributed by atoms with E-state index >= 15 is 0 Å². The van der Waals surface area contributed by atoms with E-state index in [9.17, 15) is 0 Å². The summed E-state index contributed by atoms with van der Waals surface area (Å²) in [4.78, 5) is 2.68. The van der Waals surface area contributed by atoms with Crippen molar-refractivity contribution < 1.29 is 4.42 Å². The molecule has 0 bridgehead atoms. The molecule has 1 radical (unpaired) electrons. The maximum absolute atomic E-state index is 6.60. The molecule has 1 aliphatic heterocycles. The average molecular weight is 866 g/mol. The topological polar surface area (TPSA) is 28.4 Å². The lowest BCUT2D eigenvalue weighted by molar-refractivity contribution is 0.332. The van der Waals surface area contributed by atoms with Gasteiger partial charge in [-0.25, -0.2) is 0 Å². The molecule has 1 N–H and O–H groups in total. The molecule has 0 saturated heterocycles. The Morgan fingerprint density at radius 1 is 0.554 bits per heavy atom. The maximum Gasteiger partial charge on any atom is 0.211 e. The van der Waals surface area contributed by atoms with Crippen molar-refractivity contribution in [3.05, 3.63) is 149 Å². The summed E-state index contributed by atoms with van der Waals surface area (Å²) in [5.74, 6) is 0. The van der Waals surface area contributed by atoms with Crippen LogP contribution in [0.15, 0.2) is 120 Å². The van der Waals surface area contributed by atoms with Gasteiger partial charge in [-0.15, -0.1) is 11.3 Å². The van der Waals surface area contributed by atoms with Gasteiger partial charge in [0.1, 0.15) is 5.58 Å². The quantitative estimate of drug-likeness (QED) is 0.179. The Kier molecular flexibility index (Phi) is 8.69. The lowest BCUT2D eigenvalue weighted by atomic mass is 9.61. The van der Waals surface area contributed by atoms with Crippen LogP contribution in [0.25, 0.3) is 53.9 Å². The molecule has 5 heteroatoms. The van der Waals surface area contributed by atoms with Crippen LogP contribution in [0.2, 0.25) is 0 Å². The predicted molar refractivity (Wildman–Crippen MR) is 282 cm³/mol. The second-order valence-electron chi connectivity index (χ2n) is 22.3. The Morgan fingerprint density at radius 3 is 1.89 bits per heavy atom. The summed E-state index contributed by atoms with van der Waals surface area (Å²) >= 11 is 1.97. The van der Waals surface area contributed by atoms with Gasteiger partial charge in [-0.1, -0.05) is 122 Å². The van der Waals surface area contributed by atoms with E-state index in [2.05, 4.69) is 196 Å². The molecule has 3 heterocycles. The number of hydrogen-bond acceptors (Lipinski definition) is 4. The highest BCUT2D eigenvalue weighted by Gasteiger charge is 2.41. The molecule has 2 aromatic heterocycles. The van der Waals surface area contributed by atoms with Crippen LogP contribution >= 0.6 is 11.3 Å². The molecule has 0 unspecified atom stereocenters. The van der Waals surface area contributed by atoms with Crippen molar-refractivity contribution in [1.29, 1.82) is 0 Å². The SMILES string of the molecule is Cc1cc(-c2cc3ccccc3cc2Nc2cccc3c2oc2ccccc23)c2c(c1)N(c1cc3c(cc1C)C(C)(C)CCC3(C)C)c1c(sc3cc4c(cc13)C(C)(C)CCC4(C)C)[B]2. The van der Waals surface area contributed by atoms with E-state index in [1.54, 1.807) is 0 Å². The van der Waals surface area contributed by atoms with Gasteiger partial charge < -0.3 is 14.6 Å². The first-order chi connectivity index (χ1) is 31.0. The average Bonchev–Trinajstić information content (AvgIpc) is 3.84. The van der Waals surface area contributed by atoms with E-state index in [0.717, 1.165) is 33.3 Å². The monoisotopic (exact) mass is 865 g/mol. The highest BCUT2D eigenvalue weighted by Crippen LogP contribution is 2.54. The number of anilines is 5. The Hall–Kier alpha value is -5.78. The molecule has 0 atom stereocenters. The number of nitrogens with one attached hydrogen (secondary N) is 1. The number of rotatable bonds is 4. The fourth-order valence-corrected chi connectivity index (χ4v) is 13.0. The first-order valence-electron chi connectivity index (χ1n) is 23.7. The molecular formula is C60H58BN2OS. The molecule has 12 rings (SSSR count). The van der Waals surface area contributed by atoms with E-state index in [4.69, 9.17) is 4.42 Å². The van der Waals surface area contributed by atoms with Crippen molar-refractivity contribution >= 4 is 100 Å². The molecule has 0 saturated carbocycles. The fourth-order valence-electron chi connectivity index (χ4n) is 11.8. The molecule has 65 heavy (non-hydrogen) atoms. The number of thiophene rings is 1. The van der Waals surface area contributed by atoms with Gasteiger partial charge in [-0.05, 0) is 170 Å². The number of para-hydroxylation sites is 2. The smallest absolute Gasteiger partial charge is 0.211 e. The standard InChI is InChI=1S/C60H58BN2OS/c1-34-26-41(40-29-36-16-11-12-17-37(36)30-48(40)62-47-20-15-19-39-38-18-13-14-21-51(38)64-55(39)47)53-50(27-34)63(49-32-45-43(28-35(49)2)57(3,4)22-24-59(45,7)8)54-42-31-44-46(33-52(42)65-56(54)61-53)60(9,10)25-23-58(44,5)6/h11-21,26-33,62H,22-25H2,1-10H3. The third kappa shape index (κ3) is 6.21. The number of nitrogens with zero attached hydrogens (tertiary/aromatic N) is 1. The van der Waals surface area contributed by atoms with Crippen molar-refractivity contribution in [3.8, 4) is 11.1 Å². The van der Waals surface area contributed by atoms with E-state index in [1.807, 2.05) is 17.4 Å². The van der Waals surface area contributed by atoms with Crippen LogP contribution in [0.3, 0.4) is 0 Å². The van der Waals surface area contributed by atoms with Crippen LogP contribution in [-0.2, 0) is 21.7 Å². The second kappa shape index (κ2) is 13.9. The summed E-state index contributed by atoms with van der Waals surface area (Å²) in [7, 11) is 2.52. The van der Waals surface area contributed by atoms with Crippen molar-refractivity contribution in [2.24, 2.45) is 0 Å². The summed E-state index contributed by atoms with van der Waals surface area (Å²) in [6.45, 7) is 24.3. The maximum atomic E-state index is 6.60. The van der Waals surface area contributed by atoms with Crippen molar-refractivity contribution in [2.45, 2.75) is 117 Å². The van der Waals surface area contributed by atoms with Gasteiger partial charge in [0.05, 0.1) is 11.4 Å². The fraction of sp³-hybridized carbons (Fsp3) is 0.300. The largest absolute Gasteiger partial charge is 0.454 e. The lowest BCUT2D eigenvalue weighted by Crippen LogP contribution is -2.40. The van der Waals surface area contributed by atoms with Crippen LogP contribution in [0, 0.1) is 13.8 Å². The molecule has 7 aromatic carbocycles. The Morgan fingerprint density at radius 2 is 1.17 bits per heavy atom. The Labute approximate surface area is 389 Å². The van der Waals surface area contributed by atoms with Crippen molar-refractivity contribution in [3.63, 3.8) is 0 Å². The molecule has 2 aliphatic carbocycles. The third-order valence-electron chi connectivity index (χ3n) is 16.0. The van der Waals surface area contributed by atoms with Gasteiger partial charge in [0.15, 0.2) is 5.58 Å². The van der Waals surface area contributed by atoms with Crippen molar-refractivity contribution in [2.75, 3.05) is 10.2 Å². The first kappa shape index (κ1) is 40.7. The summed E-state index contributed by atoms with van der Waals surface area (Å²) in [6.07, 6.45) is 4.75. The summed E-state index contributed by atoms with van der Waals surface area (Å²) in [5.41, 5.74) is 20.2. The molecule has 0 fully saturated rings. The number of hydrogen-bond donors (Lipinski definition) is 1. The summed E-state index contributed by atoms with van der Waals surface area (Å²) < 4.78 is 9.28. The van der Waals surface area contributed by atoms with E-state index in [1.165, 1.54) is 118 Å². The normalized spacial score (nSPS) is 17.7. The molecule has 0 amide bonds. The van der Waals surface area contributed by atoms with Gasteiger partial charge in [-0.2, -0.15) is 0 Å².